The van der Waals surface area contributed by atoms with Crippen LogP contribution in [0.2, 0.25) is 0 Å². The van der Waals surface area contributed by atoms with Gasteiger partial charge in [0.15, 0.2) is 5.60 Å². The summed E-state index contributed by atoms with van der Waals surface area (Å²) in [7, 11) is 0. The maximum atomic E-state index is 11.2. The van der Waals surface area contributed by atoms with Crippen molar-refractivity contribution in [1.82, 2.24) is 0 Å². The molecular weight excluding hydrogens is 196 g/mol. The number of carbonyl (C=O) groups is 1. The van der Waals surface area contributed by atoms with Crippen molar-refractivity contribution < 1.29 is 19.7 Å². The van der Waals surface area contributed by atoms with E-state index < -0.39 is 11.6 Å². The zero-order valence-corrected chi connectivity index (χ0v) is 9.56. The van der Waals surface area contributed by atoms with Crippen LogP contribution in [-0.4, -0.2) is 34.5 Å². The minimum absolute atomic E-state index is 0.0355. The third kappa shape index (κ3) is 2.32. The third-order valence-electron chi connectivity index (χ3n) is 3.33. The first-order valence-electron chi connectivity index (χ1n) is 5.46. The fourth-order valence-electron chi connectivity index (χ4n) is 2.29. The van der Waals surface area contributed by atoms with Gasteiger partial charge in [0.05, 0.1) is 6.10 Å². The highest BCUT2D eigenvalue weighted by molar-refractivity contribution is 5.78. The molecule has 3 unspecified atom stereocenters. The summed E-state index contributed by atoms with van der Waals surface area (Å²) in [6.45, 7) is 5.94. The second-order valence-electron chi connectivity index (χ2n) is 4.69. The molecule has 4 heteroatoms. The molecule has 2 N–H and O–H groups in total. The van der Waals surface area contributed by atoms with Gasteiger partial charge in [-0.3, -0.25) is 0 Å². The molecule has 0 amide bonds. The normalized spacial score (nSPS) is 31.3. The molecule has 0 aromatic carbocycles. The summed E-state index contributed by atoms with van der Waals surface area (Å²) >= 11 is 0. The van der Waals surface area contributed by atoms with Gasteiger partial charge in [-0.15, -0.1) is 0 Å². The Labute approximate surface area is 90.2 Å². The van der Waals surface area contributed by atoms with Crippen LogP contribution in [0.3, 0.4) is 0 Å². The first-order chi connectivity index (χ1) is 6.89. The van der Waals surface area contributed by atoms with E-state index in [-0.39, 0.29) is 17.9 Å². The van der Waals surface area contributed by atoms with Gasteiger partial charge in [-0.05, 0) is 25.7 Å². The van der Waals surface area contributed by atoms with Gasteiger partial charge in [-0.1, -0.05) is 13.8 Å². The van der Waals surface area contributed by atoms with Gasteiger partial charge >= 0.3 is 5.97 Å². The lowest BCUT2D eigenvalue weighted by atomic mass is 9.73. The van der Waals surface area contributed by atoms with E-state index >= 15 is 0 Å². The molecule has 0 aromatic heterocycles. The molecule has 1 aliphatic heterocycles. The average Bonchev–Trinajstić information content (AvgIpc) is 2.15. The van der Waals surface area contributed by atoms with Crippen molar-refractivity contribution in [2.75, 3.05) is 6.61 Å². The molecule has 15 heavy (non-hydrogen) atoms. The molecule has 1 rings (SSSR count). The first-order valence-corrected chi connectivity index (χ1v) is 5.46. The van der Waals surface area contributed by atoms with Crippen molar-refractivity contribution in [2.45, 2.75) is 45.3 Å². The maximum Gasteiger partial charge on any atom is 0.336 e. The Bertz CT molecular complexity index is 239. The predicted octanol–water partition coefficient (Wildman–Crippen LogP) is 1.27. The van der Waals surface area contributed by atoms with E-state index in [1.165, 1.54) is 0 Å². The number of aliphatic hydroxyl groups is 1. The van der Waals surface area contributed by atoms with Crippen molar-refractivity contribution in [3.63, 3.8) is 0 Å². The molecule has 1 saturated heterocycles. The van der Waals surface area contributed by atoms with E-state index in [2.05, 4.69) is 0 Å². The van der Waals surface area contributed by atoms with Crippen LogP contribution in [0.25, 0.3) is 0 Å². The second kappa shape index (κ2) is 4.49. The highest BCUT2D eigenvalue weighted by Gasteiger charge is 2.47. The predicted molar refractivity (Wildman–Crippen MR) is 55.6 cm³/mol. The molecule has 1 fully saturated rings. The summed E-state index contributed by atoms with van der Waals surface area (Å²) in [5, 5.41) is 19.4. The van der Waals surface area contributed by atoms with Gasteiger partial charge in [0, 0.05) is 12.5 Å². The fourth-order valence-corrected chi connectivity index (χ4v) is 2.29. The molecule has 0 aliphatic carbocycles. The van der Waals surface area contributed by atoms with Gasteiger partial charge in [-0.25, -0.2) is 4.79 Å². The van der Waals surface area contributed by atoms with Crippen LogP contribution in [0.15, 0.2) is 0 Å². The Balaban J connectivity index is 2.84. The number of ether oxygens (including phenoxy) is 1. The summed E-state index contributed by atoms with van der Waals surface area (Å²) in [5.41, 5.74) is -1.61. The second-order valence-corrected chi connectivity index (χ2v) is 4.69. The van der Waals surface area contributed by atoms with E-state index in [0.717, 1.165) is 0 Å². The Morgan fingerprint density at radius 2 is 2.13 bits per heavy atom. The van der Waals surface area contributed by atoms with E-state index in [0.29, 0.717) is 19.4 Å². The van der Waals surface area contributed by atoms with Gasteiger partial charge in [0.1, 0.15) is 0 Å². The van der Waals surface area contributed by atoms with Crippen LogP contribution >= 0.6 is 0 Å². The van der Waals surface area contributed by atoms with E-state index in [1.54, 1.807) is 13.8 Å². The van der Waals surface area contributed by atoms with Crippen molar-refractivity contribution in [1.29, 1.82) is 0 Å². The Kier molecular flexibility index (Phi) is 3.73. The zero-order valence-electron chi connectivity index (χ0n) is 9.56. The minimum atomic E-state index is -1.61. The topological polar surface area (TPSA) is 66.8 Å². The van der Waals surface area contributed by atoms with Crippen LogP contribution in [0.1, 0.15) is 33.6 Å². The molecular formula is C11H20O4. The van der Waals surface area contributed by atoms with Crippen LogP contribution in [0.5, 0.6) is 0 Å². The SMILES string of the molecule is CC1CC(C(O)(C(=O)O)C(C)C)CCO1. The van der Waals surface area contributed by atoms with Crippen molar-refractivity contribution in [2.24, 2.45) is 11.8 Å². The van der Waals surface area contributed by atoms with Gasteiger partial charge in [0.2, 0.25) is 0 Å². The van der Waals surface area contributed by atoms with Crippen molar-refractivity contribution >= 4 is 5.97 Å². The van der Waals surface area contributed by atoms with Crippen LogP contribution < -0.4 is 0 Å². The Hall–Kier alpha value is -0.610. The third-order valence-corrected chi connectivity index (χ3v) is 3.33. The van der Waals surface area contributed by atoms with Gasteiger partial charge in [-0.2, -0.15) is 0 Å². The van der Waals surface area contributed by atoms with Gasteiger partial charge < -0.3 is 14.9 Å². The number of hydrogen-bond acceptors (Lipinski definition) is 3. The number of aliphatic carboxylic acids is 1. The molecule has 4 nitrogen and oxygen atoms in total. The maximum absolute atomic E-state index is 11.2. The monoisotopic (exact) mass is 216 g/mol. The summed E-state index contributed by atoms with van der Waals surface area (Å²) in [6, 6.07) is 0. The molecule has 3 atom stereocenters. The minimum Gasteiger partial charge on any atom is -0.479 e. The number of rotatable bonds is 3. The van der Waals surface area contributed by atoms with E-state index in [4.69, 9.17) is 9.84 Å². The molecule has 1 aliphatic rings. The zero-order chi connectivity index (χ0) is 11.6. The molecule has 0 spiro atoms. The average molecular weight is 216 g/mol. The lowest BCUT2D eigenvalue weighted by molar-refractivity contribution is -0.179. The lowest BCUT2D eigenvalue weighted by Gasteiger charge is -2.39. The molecule has 88 valence electrons. The number of carboxylic acid groups (broad SMARTS) is 1. The van der Waals surface area contributed by atoms with Crippen LogP contribution in [-0.2, 0) is 9.53 Å². The quantitative estimate of drug-likeness (QED) is 0.745. The fraction of sp³-hybridized carbons (Fsp3) is 0.909. The van der Waals surface area contributed by atoms with Crippen LogP contribution in [0, 0.1) is 11.8 Å². The van der Waals surface area contributed by atoms with Crippen LogP contribution in [0.4, 0.5) is 0 Å². The molecule has 0 bridgehead atoms. The molecule has 0 radical (unpaired) electrons. The van der Waals surface area contributed by atoms with Crippen molar-refractivity contribution in [3.8, 4) is 0 Å². The number of carboxylic acids is 1. The Morgan fingerprint density at radius 3 is 2.53 bits per heavy atom. The highest BCUT2D eigenvalue weighted by atomic mass is 16.5. The molecule has 0 aromatic rings. The van der Waals surface area contributed by atoms with Gasteiger partial charge in [0.25, 0.3) is 0 Å². The highest BCUT2D eigenvalue weighted by Crippen LogP contribution is 2.35. The first kappa shape index (κ1) is 12.5. The summed E-state index contributed by atoms with van der Waals surface area (Å²) in [5.74, 6) is -1.61. The van der Waals surface area contributed by atoms with E-state index in [9.17, 15) is 9.90 Å². The summed E-state index contributed by atoms with van der Waals surface area (Å²) < 4.78 is 5.36. The molecule has 0 saturated carbocycles. The Morgan fingerprint density at radius 1 is 1.53 bits per heavy atom. The smallest absolute Gasteiger partial charge is 0.336 e. The summed E-state index contributed by atoms with van der Waals surface area (Å²) in [6.07, 6.45) is 1.26. The van der Waals surface area contributed by atoms with E-state index in [1.807, 2.05) is 6.92 Å². The lowest BCUT2D eigenvalue weighted by Crippen LogP contribution is -2.52. The summed E-state index contributed by atoms with van der Waals surface area (Å²) in [4.78, 5) is 11.2. The standard InChI is InChI=1S/C11H20O4/c1-7(2)11(14,10(12)13)9-4-5-15-8(3)6-9/h7-9,14H,4-6H2,1-3H3,(H,12,13). The number of hydrogen-bond donors (Lipinski definition) is 2. The molecule has 1 heterocycles. The largest absolute Gasteiger partial charge is 0.479 e. The van der Waals surface area contributed by atoms with Crippen molar-refractivity contribution in [3.05, 3.63) is 0 Å².